The number of rotatable bonds is 6. The maximum absolute atomic E-state index is 11.7. The van der Waals surface area contributed by atoms with Crippen LogP contribution in [0.1, 0.15) is 14.5 Å². The number of Topliss-reactive ketones (excluding diaryl/α,β-unsaturated/α-hetero) is 1. The van der Waals surface area contributed by atoms with Gasteiger partial charge in [0.05, 0.1) is 11.5 Å². The molecule has 0 fully saturated rings. The second kappa shape index (κ2) is 6.44. The molecule has 2 rings (SSSR count). The van der Waals surface area contributed by atoms with Crippen molar-refractivity contribution in [2.75, 3.05) is 13.2 Å². The van der Waals surface area contributed by atoms with Gasteiger partial charge in [-0.05, 0) is 38.8 Å². The van der Waals surface area contributed by atoms with E-state index in [9.17, 15) is 4.79 Å². The standard InChI is InChI=1S/C12H11BrO2S2/c13-10-4-7-17-12(10)11(14)8-15-5-3-9-2-1-6-16-9/h1-2,4,6-7H,3,5,8H2. The number of ether oxygens (including phenoxy) is 1. The lowest BCUT2D eigenvalue weighted by molar-refractivity contribution is 0.0770. The van der Waals surface area contributed by atoms with E-state index in [1.54, 1.807) is 11.3 Å². The molecule has 0 aliphatic heterocycles. The van der Waals surface area contributed by atoms with Gasteiger partial charge in [0, 0.05) is 15.8 Å². The quantitative estimate of drug-likeness (QED) is 0.590. The minimum Gasteiger partial charge on any atom is -0.373 e. The summed E-state index contributed by atoms with van der Waals surface area (Å²) in [5.41, 5.74) is 0. The number of ketones is 1. The van der Waals surface area contributed by atoms with Gasteiger partial charge in [0.2, 0.25) is 0 Å². The molecule has 2 aromatic heterocycles. The first-order valence-corrected chi connectivity index (χ1v) is 7.69. The first-order valence-electron chi connectivity index (χ1n) is 5.13. The van der Waals surface area contributed by atoms with Crippen LogP contribution in [-0.4, -0.2) is 19.0 Å². The Morgan fingerprint density at radius 3 is 2.82 bits per heavy atom. The number of hydrogen-bond acceptors (Lipinski definition) is 4. The van der Waals surface area contributed by atoms with E-state index in [0.29, 0.717) is 6.61 Å². The third-order valence-corrected chi connectivity index (χ3v) is 4.99. The highest BCUT2D eigenvalue weighted by Crippen LogP contribution is 2.23. The third-order valence-electron chi connectivity index (χ3n) is 2.18. The zero-order chi connectivity index (χ0) is 12.1. The lowest BCUT2D eigenvalue weighted by Gasteiger charge is -2.01. The largest absolute Gasteiger partial charge is 0.373 e. The van der Waals surface area contributed by atoms with Crippen molar-refractivity contribution < 1.29 is 9.53 Å². The molecule has 0 saturated carbocycles. The van der Waals surface area contributed by atoms with Gasteiger partial charge in [-0.1, -0.05) is 6.07 Å². The molecule has 0 unspecified atom stereocenters. The highest BCUT2D eigenvalue weighted by molar-refractivity contribution is 9.10. The van der Waals surface area contributed by atoms with Crippen LogP contribution in [-0.2, 0) is 11.2 Å². The van der Waals surface area contributed by atoms with Crippen molar-refractivity contribution in [3.8, 4) is 0 Å². The molecule has 0 atom stereocenters. The highest BCUT2D eigenvalue weighted by Gasteiger charge is 2.11. The lowest BCUT2D eigenvalue weighted by Crippen LogP contribution is -2.09. The summed E-state index contributed by atoms with van der Waals surface area (Å²) < 4.78 is 6.25. The molecule has 5 heteroatoms. The molecule has 0 amide bonds. The smallest absolute Gasteiger partial charge is 0.199 e. The second-order valence-corrected chi connectivity index (χ2v) is 6.21. The summed E-state index contributed by atoms with van der Waals surface area (Å²) in [5, 5.41) is 3.94. The summed E-state index contributed by atoms with van der Waals surface area (Å²) in [5.74, 6) is 0.0399. The molecule has 17 heavy (non-hydrogen) atoms. The molecule has 0 aliphatic rings. The van der Waals surface area contributed by atoms with Crippen LogP contribution in [0.4, 0.5) is 0 Å². The predicted molar refractivity (Wildman–Crippen MR) is 75.2 cm³/mol. The number of hydrogen-bond donors (Lipinski definition) is 0. The molecule has 0 aliphatic carbocycles. The van der Waals surface area contributed by atoms with Crippen molar-refractivity contribution in [1.29, 1.82) is 0 Å². The van der Waals surface area contributed by atoms with Crippen LogP contribution >= 0.6 is 38.6 Å². The molecule has 0 spiro atoms. The molecular weight excluding hydrogens is 320 g/mol. The molecular formula is C12H11BrO2S2. The summed E-state index contributed by atoms with van der Waals surface area (Å²) in [6, 6.07) is 5.98. The minimum absolute atomic E-state index is 0.0399. The Hall–Kier alpha value is -0.490. The van der Waals surface area contributed by atoms with Crippen LogP contribution in [0, 0.1) is 0 Å². The van der Waals surface area contributed by atoms with Gasteiger partial charge in [-0.2, -0.15) is 0 Å². The van der Waals surface area contributed by atoms with E-state index in [2.05, 4.69) is 22.0 Å². The Bertz CT molecular complexity index is 476. The Morgan fingerprint density at radius 2 is 2.18 bits per heavy atom. The van der Waals surface area contributed by atoms with Gasteiger partial charge < -0.3 is 4.74 Å². The molecule has 2 nitrogen and oxygen atoms in total. The van der Waals surface area contributed by atoms with E-state index < -0.39 is 0 Å². The SMILES string of the molecule is O=C(COCCc1cccs1)c1sccc1Br. The van der Waals surface area contributed by atoms with Crippen LogP contribution in [0.25, 0.3) is 0 Å². The molecule has 0 saturated heterocycles. The molecule has 0 aromatic carbocycles. The Kier molecular flexibility index (Phi) is 4.91. The summed E-state index contributed by atoms with van der Waals surface area (Å²) in [6.07, 6.45) is 0.872. The topological polar surface area (TPSA) is 26.3 Å². The first kappa shape index (κ1) is 13.0. The third kappa shape index (κ3) is 3.74. The predicted octanol–water partition coefficient (Wildman–Crippen LogP) is 4.01. The van der Waals surface area contributed by atoms with Gasteiger partial charge >= 0.3 is 0 Å². The lowest BCUT2D eigenvalue weighted by atomic mass is 10.3. The zero-order valence-corrected chi connectivity index (χ0v) is 12.2. The number of carbonyl (C=O) groups is 1. The van der Waals surface area contributed by atoms with E-state index in [-0.39, 0.29) is 12.4 Å². The van der Waals surface area contributed by atoms with Crippen molar-refractivity contribution >= 4 is 44.4 Å². The first-order chi connectivity index (χ1) is 8.27. The summed E-state index contributed by atoms with van der Waals surface area (Å²) in [4.78, 5) is 13.8. The molecule has 0 N–H and O–H groups in total. The number of carbonyl (C=O) groups excluding carboxylic acids is 1. The van der Waals surface area contributed by atoms with Crippen molar-refractivity contribution in [2.24, 2.45) is 0 Å². The van der Waals surface area contributed by atoms with E-state index in [1.165, 1.54) is 16.2 Å². The molecule has 2 aromatic rings. The van der Waals surface area contributed by atoms with Crippen molar-refractivity contribution in [3.63, 3.8) is 0 Å². The van der Waals surface area contributed by atoms with E-state index in [4.69, 9.17) is 4.74 Å². The Labute approximate surface area is 116 Å². The van der Waals surface area contributed by atoms with Gasteiger partial charge in [0.25, 0.3) is 0 Å². The van der Waals surface area contributed by atoms with Crippen molar-refractivity contribution in [2.45, 2.75) is 6.42 Å². The normalized spacial score (nSPS) is 10.6. The second-order valence-electron chi connectivity index (χ2n) is 3.40. The number of halogens is 1. The maximum Gasteiger partial charge on any atom is 0.199 e. The number of thiophene rings is 2. The molecule has 0 bridgehead atoms. The van der Waals surface area contributed by atoms with Gasteiger partial charge in [-0.15, -0.1) is 22.7 Å². The van der Waals surface area contributed by atoms with Crippen LogP contribution in [0.15, 0.2) is 33.4 Å². The van der Waals surface area contributed by atoms with E-state index in [1.807, 2.05) is 22.9 Å². The highest BCUT2D eigenvalue weighted by atomic mass is 79.9. The molecule has 2 heterocycles. The van der Waals surface area contributed by atoms with Gasteiger partial charge in [-0.3, -0.25) is 4.79 Å². The minimum atomic E-state index is 0.0399. The maximum atomic E-state index is 11.7. The zero-order valence-electron chi connectivity index (χ0n) is 9.02. The molecule has 0 radical (unpaired) electrons. The average molecular weight is 331 g/mol. The monoisotopic (exact) mass is 330 g/mol. The van der Waals surface area contributed by atoms with Gasteiger partial charge in [0.1, 0.15) is 6.61 Å². The summed E-state index contributed by atoms with van der Waals surface area (Å²) in [7, 11) is 0. The molecule has 90 valence electrons. The van der Waals surface area contributed by atoms with Crippen molar-refractivity contribution in [1.82, 2.24) is 0 Å². The van der Waals surface area contributed by atoms with Gasteiger partial charge in [0.15, 0.2) is 5.78 Å². The van der Waals surface area contributed by atoms with E-state index in [0.717, 1.165) is 15.8 Å². The Balaban J connectivity index is 1.72. The van der Waals surface area contributed by atoms with Crippen LogP contribution in [0.2, 0.25) is 0 Å². The van der Waals surface area contributed by atoms with Crippen LogP contribution < -0.4 is 0 Å². The average Bonchev–Trinajstić information content (AvgIpc) is 2.95. The van der Waals surface area contributed by atoms with Gasteiger partial charge in [-0.25, -0.2) is 0 Å². The fourth-order valence-electron chi connectivity index (χ4n) is 1.35. The Morgan fingerprint density at radius 1 is 1.29 bits per heavy atom. The fraction of sp³-hybridized carbons (Fsp3) is 0.250. The van der Waals surface area contributed by atoms with Crippen LogP contribution in [0.3, 0.4) is 0 Å². The summed E-state index contributed by atoms with van der Waals surface area (Å²) >= 11 is 6.49. The van der Waals surface area contributed by atoms with Crippen molar-refractivity contribution in [3.05, 3.63) is 43.2 Å². The van der Waals surface area contributed by atoms with Crippen LogP contribution in [0.5, 0.6) is 0 Å². The van der Waals surface area contributed by atoms with E-state index >= 15 is 0 Å². The fourth-order valence-corrected chi connectivity index (χ4v) is 3.56. The summed E-state index contributed by atoms with van der Waals surface area (Å²) in [6.45, 7) is 0.750.